The van der Waals surface area contributed by atoms with E-state index in [0.717, 1.165) is 0 Å². The van der Waals surface area contributed by atoms with Gasteiger partial charge in [-0.3, -0.25) is 14.9 Å². The molecule has 0 atom stereocenters. The molecule has 0 bridgehead atoms. The first-order valence-corrected chi connectivity index (χ1v) is 6.07. The molecule has 0 aliphatic rings. The smallest absolute Gasteiger partial charge is 0.236 e. The molecule has 5 heteroatoms. The lowest BCUT2D eigenvalue weighted by Crippen LogP contribution is -2.42. The van der Waals surface area contributed by atoms with E-state index in [2.05, 4.69) is 10.6 Å². The molecule has 0 heterocycles. The highest BCUT2D eigenvalue weighted by molar-refractivity contribution is 5.81. The summed E-state index contributed by atoms with van der Waals surface area (Å²) in [5.74, 6) is 0.364. The van der Waals surface area contributed by atoms with Gasteiger partial charge in [-0.25, -0.2) is 0 Å². The van der Waals surface area contributed by atoms with Gasteiger partial charge in [0.15, 0.2) is 0 Å². The summed E-state index contributed by atoms with van der Waals surface area (Å²) in [5, 5.41) is 5.62. The van der Waals surface area contributed by atoms with Crippen LogP contribution >= 0.6 is 0 Å². The Morgan fingerprint density at radius 2 is 1.71 bits per heavy atom. The lowest BCUT2D eigenvalue weighted by Gasteiger charge is -2.21. The van der Waals surface area contributed by atoms with Crippen LogP contribution in [0.15, 0.2) is 0 Å². The molecule has 0 unspecified atom stereocenters. The summed E-state index contributed by atoms with van der Waals surface area (Å²) in [5.41, 5.74) is 0. The lowest BCUT2D eigenvalue weighted by molar-refractivity contribution is -0.130. The molecular formula is C12H25N3O2. The molecule has 0 rings (SSSR count). The minimum atomic E-state index is -0.0706. The third-order valence-electron chi connectivity index (χ3n) is 2.44. The van der Waals surface area contributed by atoms with Crippen molar-refractivity contribution in [2.24, 2.45) is 5.92 Å². The number of carbonyl (C=O) groups excluding carboxylic acids is 2. The SMILES string of the molecule is CC(C)CNC(=O)CNCC(=O)N(C)C(C)C. The number of carbonyl (C=O) groups is 2. The molecule has 0 aromatic rings. The monoisotopic (exact) mass is 243 g/mol. The van der Waals surface area contributed by atoms with Gasteiger partial charge < -0.3 is 10.2 Å². The predicted molar refractivity (Wildman–Crippen MR) is 68.6 cm³/mol. The molecule has 17 heavy (non-hydrogen) atoms. The van der Waals surface area contributed by atoms with Gasteiger partial charge in [-0.2, -0.15) is 0 Å². The molecule has 0 aromatic carbocycles. The maximum Gasteiger partial charge on any atom is 0.236 e. The molecule has 0 radical (unpaired) electrons. The van der Waals surface area contributed by atoms with Crippen LogP contribution in [-0.2, 0) is 9.59 Å². The first kappa shape index (κ1) is 15.9. The Kier molecular flexibility index (Phi) is 7.54. The average molecular weight is 243 g/mol. The van der Waals surface area contributed by atoms with Crippen molar-refractivity contribution in [3.8, 4) is 0 Å². The van der Waals surface area contributed by atoms with Crippen LogP contribution in [0, 0.1) is 5.92 Å². The second-order valence-electron chi connectivity index (χ2n) is 4.90. The highest BCUT2D eigenvalue weighted by atomic mass is 16.2. The summed E-state index contributed by atoms with van der Waals surface area (Å²) in [6.45, 7) is 9.03. The van der Waals surface area contributed by atoms with Crippen LogP contribution in [-0.4, -0.2) is 49.4 Å². The Hall–Kier alpha value is -1.10. The fourth-order valence-electron chi connectivity index (χ4n) is 1.08. The maximum absolute atomic E-state index is 11.6. The highest BCUT2D eigenvalue weighted by Crippen LogP contribution is 1.92. The molecule has 0 aliphatic heterocycles. The van der Waals surface area contributed by atoms with Gasteiger partial charge in [0.25, 0.3) is 0 Å². The molecule has 0 saturated heterocycles. The van der Waals surface area contributed by atoms with Crippen molar-refractivity contribution in [3.63, 3.8) is 0 Å². The number of likely N-dealkylation sites (N-methyl/N-ethyl adjacent to an activating group) is 1. The van der Waals surface area contributed by atoms with Gasteiger partial charge in [-0.05, 0) is 19.8 Å². The van der Waals surface area contributed by atoms with E-state index in [0.29, 0.717) is 12.5 Å². The second-order valence-corrected chi connectivity index (χ2v) is 4.90. The van der Waals surface area contributed by atoms with Crippen LogP contribution in [0.2, 0.25) is 0 Å². The quantitative estimate of drug-likeness (QED) is 0.672. The van der Waals surface area contributed by atoms with Crippen molar-refractivity contribution in [3.05, 3.63) is 0 Å². The van der Waals surface area contributed by atoms with E-state index in [4.69, 9.17) is 0 Å². The first-order chi connectivity index (χ1) is 7.84. The van der Waals surface area contributed by atoms with Crippen LogP contribution in [0.25, 0.3) is 0 Å². The van der Waals surface area contributed by atoms with E-state index in [1.807, 2.05) is 27.7 Å². The second kappa shape index (κ2) is 8.06. The number of amides is 2. The Balaban J connectivity index is 3.69. The van der Waals surface area contributed by atoms with Crippen molar-refractivity contribution >= 4 is 11.8 Å². The van der Waals surface area contributed by atoms with Crippen molar-refractivity contribution < 1.29 is 9.59 Å². The van der Waals surface area contributed by atoms with Crippen molar-refractivity contribution in [1.29, 1.82) is 0 Å². The molecule has 2 N–H and O–H groups in total. The Labute approximate surface area is 104 Å². The molecule has 100 valence electrons. The van der Waals surface area contributed by atoms with Crippen LogP contribution < -0.4 is 10.6 Å². The van der Waals surface area contributed by atoms with Crippen LogP contribution in [0.3, 0.4) is 0 Å². The molecule has 5 nitrogen and oxygen atoms in total. The van der Waals surface area contributed by atoms with E-state index in [1.165, 1.54) is 0 Å². The number of hydrogen-bond acceptors (Lipinski definition) is 3. The standard InChI is InChI=1S/C12H25N3O2/c1-9(2)6-14-11(16)7-13-8-12(17)15(5)10(3)4/h9-10,13H,6-8H2,1-5H3,(H,14,16). The molecule has 0 aromatic heterocycles. The van der Waals surface area contributed by atoms with Crippen LogP contribution in [0.5, 0.6) is 0 Å². The van der Waals surface area contributed by atoms with E-state index >= 15 is 0 Å². The molecule has 0 saturated carbocycles. The van der Waals surface area contributed by atoms with E-state index < -0.39 is 0 Å². The molecular weight excluding hydrogens is 218 g/mol. The summed E-state index contributed by atoms with van der Waals surface area (Å²) < 4.78 is 0. The normalized spacial score (nSPS) is 10.8. The van der Waals surface area contributed by atoms with Gasteiger partial charge in [0.05, 0.1) is 13.1 Å². The lowest BCUT2D eigenvalue weighted by atomic mass is 10.2. The number of nitrogens with zero attached hydrogens (tertiary/aromatic N) is 1. The fraction of sp³-hybridized carbons (Fsp3) is 0.833. The molecule has 0 spiro atoms. The van der Waals surface area contributed by atoms with Crippen LogP contribution in [0.1, 0.15) is 27.7 Å². The zero-order chi connectivity index (χ0) is 13.4. The summed E-state index contributed by atoms with van der Waals surface area (Å²) in [6.07, 6.45) is 0. The van der Waals surface area contributed by atoms with Crippen molar-refractivity contribution in [2.75, 3.05) is 26.7 Å². The fourth-order valence-corrected chi connectivity index (χ4v) is 1.08. The third kappa shape index (κ3) is 7.74. The summed E-state index contributed by atoms with van der Waals surface area (Å²) >= 11 is 0. The molecule has 0 fully saturated rings. The van der Waals surface area contributed by atoms with Gasteiger partial charge >= 0.3 is 0 Å². The van der Waals surface area contributed by atoms with Gasteiger partial charge in [-0.15, -0.1) is 0 Å². The molecule has 2 amide bonds. The number of hydrogen-bond donors (Lipinski definition) is 2. The van der Waals surface area contributed by atoms with Gasteiger partial charge in [0.1, 0.15) is 0 Å². The summed E-state index contributed by atoms with van der Waals surface area (Å²) in [4.78, 5) is 24.5. The minimum Gasteiger partial charge on any atom is -0.355 e. The summed E-state index contributed by atoms with van der Waals surface area (Å²) in [6, 6.07) is 0.180. The van der Waals surface area contributed by atoms with Gasteiger partial charge in [-0.1, -0.05) is 13.8 Å². The average Bonchev–Trinajstić information content (AvgIpc) is 2.24. The summed E-state index contributed by atoms with van der Waals surface area (Å²) in [7, 11) is 1.76. The topological polar surface area (TPSA) is 61.4 Å². The van der Waals surface area contributed by atoms with E-state index in [1.54, 1.807) is 11.9 Å². The Morgan fingerprint density at radius 1 is 1.12 bits per heavy atom. The number of rotatable bonds is 7. The van der Waals surface area contributed by atoms with Crippen molar-refractivity contribution in [1.82, 2.24) is 15.5 Å². The molecule has 0 aliphatic carbocycles. The largest absolute Gasteiger partial charge is 0.355 e. The Morgan fingerprint density at radius 3 is 2.18 bits per heavy atom. The van der Waals surface area contributed by atoms with Crippen molar-refractivity contribution in [2.45, 2.75) is 33.7 Å². The maximum atomic E-state index is 11.6. The third-order valence-corrected chi connectivity index (χ3v) is 2.44. The predicted octanol–water partition coefficient (Wildman–Crippen LogP) is 0.215. The number of nitrogens with one attached hydrogen (secondary N) is 2. The van der Waals surface area contributed by atoms with Gasteiger partial charge in [0, 0.05) is 19.6 Å². The highest BCUT2D eigenvalue weighted by Gasteiger charge is 2.11. The zero-order valence-electron chi connectivity index (χ0n) is 11.5. The first-order valence-electron chi connectivity index (χ1n) is 6.07. The minimum absolute atomic E-state index is 0.00309. The van der Waals surface area contributed by atoms with E-state index in [9.17, 15) is 9.59 Å². The van der Waals surface area contributed by atoms with E-state index in [-0.39, 0.29) is 30.9 Å². The Bertz CT molecular complexity index is 252. The van der Waals surface area contributed by atoms with Crippen LogP contribution in [0.4, 0.5) is 0 Å². The van der Waals surface area contributed by atoms with Gasteiger partial charge in [0.2, 0.25) is 11.8 Å². The zero-order valence-corrected chi connectivity index (χ0v) is 11.5.